The molecular formula is C13H19BrClN. The van der Waals surface area contributed by atoms with Gasteiger partial charge in [0.1, 0.15) is 0 Å². The Hall–Kier alpha value is -0.340. The molecule has 0 saturated carbocycles. The first-order valence-corrected chi connectivity index (χ1v) is 6.68. The first kappa shape index (κ1) is 15.7. The largest absolute Gasteiger partial charge is 0.261 e. The summed E-state index contributed by atoms with van der Waals surface area (Å²) in [5, 5.41) is 0.0570. The maximum atomic E-state index is 5.98. The summed E-state index contributed by atoms with van der Waals surface area (Å²) < 4.78 is 1.06. The average Bonchev–Trinajstić information content (AvgIpc) is 2.26. The van der Waals surface area contributed by atoms with Gasteiger partial charge in [-0.05, 0) is 26.8 Å². The number of nitrogens with zero attached hydrogens (tertiary/aromatic N) is 1. The molecule has 0 aliphatic rings. The zero-order valence-corrected chi connectivity index (χ0v) is 12.9. The van der Waals surface area contributed by atoms with E-state index in [9.17, 15) is 0 Å². The van der Waals surface area contributed by atoms with E-state index in [1.165, 1.54) is 0 Å². The molecule has 3 heteroatoms. The predicted octanol–water partition coefficient (Wildman–Crippen LogP) is 5.21. The van der Waals surface area contributed by atoms with Crippen LogP contribution in [0.15, 0.2) is 22.3 Å². The van der Waals surface area contributed by atoms with Crippen LogP contribution in [0.1, 0.15) is 39.0 Å². The number of aryl methyl sites for hydroxylation is 1. The van der Waals surface area contributed by atoms with Gasteiger partial charge in [0.2, 0.25) is 0 Å². The third kappa shape index (κ3) is 4.67. The molecule has 0 bridgehead atoms. The van der Waals surface area contributed by atoms with E-state index in [4.69, 9.17) is 11.6 Å². The minimum atomic E-state index is 0.0570. The van der Waals surface area contributed by atoms with E-state index in [1.54, 1.807) is 6.20 Å². The Kier molecular flexibility index (Phi) is 7.69. The van der Waals surface area contributed by atoms with Gasteiger partial charge in [-0.15, -0.1) is 11.6 Å². The second kappa shape index (κ2) is 7.86. The van der Waals surface area contributed by atoms with Crippen LogP contribution < -0.4 is 0 Å². The van der Waals surface area contributed by atoms with Crippen molar-refractivity contribution in [1.29, 1.82) is 0 Å². The van der Waals surface area contributed by atoms with Crippen LogP contribution in [0.2, 0.25) is 0 Å². The van der Waals surface area contributed by atoms with Gasteiger partial charge in [-0.25, -0.2) is 0 Å². The molecule has 1 heterocycles. The van der Waals surface area contributed by atoms with E-state index in [-0.39, 0.29) is 5.38 Å². The summed E-state index contributed by atoms with van der Waals surface area (Å²) in [6.07, 6.45) is 3.86. The Balaban J connectivity index is 0.00000106. The number of rotatable bonds is 2. The second-order valence-electron chi connectivity index (χ2n) is 3.30. The standard InChI is InChI=1S/C11H13BrClN.C2H6/c1-7(8(2)13)6-10-9(3)14-5-4-11(10)12;1-2/h4-6,8H,1-3H3;1-2H3/b7-6+;. The van der Waals surface area contributed by atoms with Gasteiger partial charge in [-0.1, -0.05) is 41.4 Å². The van der Waals surface area contributed by atoms with Crippen LogP contribution >= 0.6 is 27.5 Å². The van der Waals surface area contributed by atoms with Crippen molar-refractivity contribution in [3.8, 4) is 0 Å². The fourth-order valence-corrected chi connectivity index (χ4v) is 1.65. The highest BCUT2D eigenvalue weighted by Gasteiger charge is 2.04. The molecular weight excluding hydrogens is 286 g/mol. The summed E-state index contributed by atoms with van der Waals surface area (Å²) >= 11 is 9.48. The number of hydrogen-bond donors (Lipinski definition) is 0. The summed E-state index contributed by atoms with van der Waals surface area (Å²) in [5.41, 5.74) is 3.26. The molecule has 0 aromatic carbocycles. The maximum Gasteiger partial charge on any atom is 0.0517 e. The average molecular weight is 305 g/mol. The highest BCUT2D eigenvalue weighted by molar-refractivity contribution is 9.10. The van der Waals surface area contributed by atoms with Crippen LogP contribution in [0, 0.1) is 6.92 Å². The fraction of sp³-hybridized carbons (Fsp3) is 0.462. The lowest BCUT2D eigenvalue weighted by Gasteiger charge is -2.06. The van der Waals surface area contributed by atoms with Crippen LogP contribution in [0.5, 0.6) is 0 Å². The van der Waals surface area contributed by atoms with Crippen LogP contribution in [-0.2, 0) is 0 Å². The summed E-state index contributed by atoms with van der Waals surface area (Å²) in [4.78, 5) is 4.23. The molecule has 1 atom stereocenters. The summed E-state index contributed by atoms with van der Waals surface area (Å²) in [6, 6.07) is 1.94. The molecule has 1 unspecified atom stereocenters. The Labute approximate surface area is 112 Å². The van der Waals surface area contributed by atoms with Gasteiger partial charge < -0.3 is 0 Å². The van der Waals surface area contributed by atoms with Gasteiger partial charge in [0, 0.05) is 21.9 Å². The van der Waals surface area contributed by atoms with Crippen LogP contribution in [0.3, 0.4) is 0 Å². The minimum Gasteiger partial charge on any atom is -0.261 e. The molecule has 0 spiro atoms. The van der Waals surface area contributed by atoms with E-state index in [2.05, 4.69) is 27.0 Å². The van der Waals surface area contributed by atoms with Crippen LogP contribution in [0.25, 0.3) is 6.08 Å². The molecule has 0 amide bonds. The molecule has 0 aliphatic heterocycles. The van der Waals surface area contributed by atoms with Gasteiger partial charge in [-0.2, -0.15) is 0 Å². The van der Waals surface area contributed by atoms with Crippen molar-refractivity contribution >= 4 is 33.6 Å². The van der Waals surface area contributed by atoms with E-state index in [0.29, 0.717) is 0 Å². The number of aromatic nitrogens is 1. The van der Waals surface area contributed by atoms with E-state index in [1.807, 2.05) is 40.7 Å². The Morgan fingerprint density at radius 3 is 2.50 bits per heavy atom. The SMILES string of the molecule is C/C(=C\c1c(Br)ccnc1C)C(C)Cl.CC. The predicted molar refractivity (Wildman–Crippen MR) is 77.0 cm³/mol. The third-order valence-electron chi connectivity index (χ3n) is 2.14. The Morgan fingerprint density at radius 1 is 1.50 bits per heavy atom. The summed E-state index contributed by atoms with van der Waals surface area (Å²) in [6.45, 7) is 9.98. The van der Waals surface area contributed by atoms with Crippen LogP contribution in [0.4, 0.5) is 0 Å². The molecule has 1 aromatic heterocycles. The molecule has 0 radical (unpaired) electrons. The van der Waals surface area contributed by atoms with Crippen molar-refractivity contribution < 1.29 is 0 Å². The smallest absolute Gasteiger partial charge is 0.0517 e. The van der Waals surface area contributed by atoms with Crippen molar-refractivity contribution in [2.24, 2.45) is 0 Å². The first-order valence-electron chi connectivity index (χ1n) is 5.45. The molecule has 1 rings (SSSR count). The lowest BCUT2D eigenvalue weighted by molar-refractivity contribution is 1.11. The maximum absolute atomic E-state index is 5.98. The highest BCUT2D eigenvalue weighted by Crippen LogP contribution is 2.23. The second-order valence-corrected chi connectivity index (χ2v) is 4.81. The third-order valence-corrected chi connectivity index (χ3v) is 3.17. The van der Waals surface area contributed by atoms with Crippen molar-refractivity contribution in [2.75, 3.05) is 0 Å². The highest BCUT2D eigenvalue weighted by atomic mass is 79.9. The van der Waals surface area contributed by atoms with Crippen molar-refractivity contribution in [3.63, 3.8) is 0 Å². The van der Waals surface area contributed by atoms with Crippen molar-refractivity contribution in [2.45, 2.75) is 40.0 Å². The molecule has 0 fully saturated rings. The lowest BCUT2D eigenvalue weighted by atomic mass is 10.1. The number of pyridine rings is 1. The van der Waals surface area contributed by atoms with Crippen molar-refractivity contribution in [3.05, 3.63) is 33.6 Å². The monoisotopic (exact) mass is 303 g/mol. The Bertz CT molecular complexity index is 339. The molecule has 0 N–H and O–H groups in total. The molecule has 0 aliphatic carbocycles. The van der Waals surface area contributed by atoms with Crippen molar-refractivity contribution in [1.82, 2.24) is 4.98 Å². The van der Waals surface area contributed by atoms with Gasteiger partial charge >= 0.3 is 0 Å². The number of hydrogen-bond acceptors (Lipinski definition) is 1. The number of allylic oxidation sites excluding steroid dienone is 1. The number of halogens is 2. The number of alkyl halides is 1. The molecule has 16 heavy (non-hydrogen) atoms. The molecule has 1 aromatic rings. The topological polar surface area (TPSA) is 12.9 Å². The summed E-state index contributed by atoms with van der Waals surface area (Å²) in [5.74, 6) is 0. The van der Waals surface area contributed by atoms with Gasteiger partial charge in [0.15, 0.2) is 0 Å². The van der Waals surface area contributed by atoms with Gasteiger partial charge in [0.05, 0.1) is 5.38 Å². The zero-order chi connectivity index (χ0) is 12.7. The normalized spacial score (nSPS) is 12.8. The van der Waals surface area contributed by atoms with E-state index >= 15 is 0 Å². The minimum absolute atomic E-state index is 0.0570. The zero-order valence-electron chi connectivity index (χ0n) is 10.5. The molecule has 0 saturated heterocycles. The van der Waals surface area contributed by atoms with Gasteiger partial charge in [0.25, 0.3) is 0 Å². The Morgan fingerprint density at radius 2 is 2.06 bits per heavy atom. The van der Waals surface area contributed by atoms with E-state index in [0.717, 1.165) is 21.3 Å². The molecule has 1 nitrogen and oxygen atoms in total. The lowest BCUT2D eigenvalue weighted by Crippen LogP contribution is -1.94. The first-order chi connectivity index (χ1) is 7.52. The van der Waals surface area contributed by atoms with Gasteiger partial charge in [-0.3, -0.25) is 4.98 Å². The van der Waals surface area contributed by atoms with Crippen LogP contribution in [-0.4, -0.2) is 10.4 Å². The fourth-order valence-electron chi connectivity index (χ4n) is 1.06. The quantitative estimate of drug-likeness (QED) is 0.684. The summed E-state index contributed by atoms with van der Waals surface area (Å²) in [7, 11) is 0. The van der Waals surface area contributed by atoms with E-state index < -0.39 is 0 Å². The molecule has 90 valence electrons.